The lowest BCUT2D eigenvalue weighted by atomic mass is 9.99. The predicted octanol–water partition coefficient (Wildman–Crippen LogP) is 11.5. The third-order valence-electron chi connectivity index (χ3n) is 12.3. The highest BCUT2D eigenvalue weighted by Gasteiger charge is 2.44. The monoisotopic (exact) mass is 852 g/mol. The van der Waals surface area contributed by atoms with Gasteiger partial charge in [0.15, 0.2) is 6.29 Å². The number of aliphatic hydroxyl groups is 5. The first-order valence-electron chi connectivity index (χ1n) is 25.6. The molecule has 0 bridgehead atoms. The molecule has 1 fully saturated rings. The van der Waals surface area contributed by atoms with Crippen molar-refractivity contribution in [1.82, 2.24) is 5.32 Å². The van der Waals surface area contributed by atoms with E-state index in [9.17, 15) is 30.3 Å². The Morgan fingerprint density at radius 2 is 0.933 bits per heavy atom. The Hall–Kier alpha value is -1.33. The van der Waals surface area contributed by atoms with Crippen molar-refractivity contribution in [2.75, 3.05) is 13.2 Å². The molecule has 7 unspecified atom stereocenters. The molecule has 1 heterocycles. The molecule has 7 atom stereocenters. The number of hydrogen-bond acceptors (Lipinski definition) is 8. The number of nitrogens with one attached hydrogen (secondary N) is 1. The molecule has 9 heteroatoms. The van der Waals surface area contributed by atoms with Gasteiger partial charge in [0.2, 0.25) is 5.91 Å². The molecule has 0 aromatic rings. The second-order valence-electron chi connectivity index (χ2n) is 18.0. The Morgan fingerprint density at radius 1 is 0.550 bits per heavy atom. The molecule has 9 nitrogen and oxygen atoms in total. The van der Waals surface area contributed by atoms with Crippen LogP contribution in [0.15, 0.2) is 24.3 Å². The molecule has 0 aliphatic carbocycles. The second-order valence-corrected chi connectivity index (χ2v) is 18.0. The Labute approximate surface area is 369 Å². The summed E-state index contributed by atoms with van der Waals surface area (Å²) in [7, 11) is 0. The number of unbranched alkanes of at least 4 members (excludes halogenated alkanes) is 31. The van der Waals surface area contributed by atoms with E-state index in [0.29, 0.717) is 6.42 Å². The molecule has 60 heavy (non-hydrogen) atoms. The highest BCUT2D eigenvalue weighted by molar-refractivity contribution is 5.76. The Kier molecular flexibility index (Phi) is 39.4. The SMILES string of the molecule is CCCCCCCCCC/C=C\CCCCCCCCCCCCCC(=O)NC(COC1OC(CO)C(O)C(O)C1O)C(O)/C=C/CCCCCCCCCCCCCC. The molecule has 1 amide bonds. The van der Waals surface area contributed by atoms with Gasteiger partial charge < -0.3 is 40.3 Å². The number of carbonyl (C=O) groups excluding carboxylic acids is 1. The Bertz CT molecular complexity index is 992. The average molecular weight is 852 g/mol. The van der Waals surface area contributed by atoms with Gasteiger partial charge in [-0.15, -0.1) is 0 Å². The fourth-order valence-corrected chi connectivity index (χ4v) is 8.15. The quantitative estimate of drug-likeness (QED) is 0.0262. The van der Waals surface area contributed by atoms with Gasteiger partial charge in [0, 0.05) is 6.42 Å². The number of allylic oxidation sites excluding steroid dienone is 3. The standard InChI is InChI=1S/C51H97NO8/c1-3-5-7-9-11-13-15-17-19-20-21-22-23-24-25-26-27-29-31-33-35-37-39-41-47(55)52-44(43-59-51-50(58)49(57)48(56)46(42-53)60-51)45(54)40-38-36-34-32-30-28-18-16-14-12-10-8-6-4-2/h20-21,38,40,44-46,48-51,53-54,56-58H,3-19,22-37,39,41-43H2,1-2H3,(H,52,55)/b21-20-,40-38+. The van der Waals surface area contributed by atoms with E-state index in [2.05, 4.69) is 31.3 Å². The third kappa shape index (κ3) is 31.5. The van der Waals surface area contributed by atoms with E-state index in [4.69, 9.17) is 9.47 Å². The predicted molar refractivity (Wildman–Crippen MR) is 249 cm³/mol. The molecule has 1 rings (SSSR count). The van der Waals surface area contributed by atoms with E-state index in [1.807, 2.05) is 6.08 Å². The molecule has 1 saturated heterocycles. The summed E-state index contributed by atoms with van der Waals surface area (Å²) >= 11 is 0. The summed E-state index contributed by atoms with van der Waals surface area (Å²) in [5.41, 5.74) is 0. The lowest BCUT2D eigenvalue weighted by Gasteiger charge is -2.40. The zero-order chi connectivity index (χ0) is 43.7. The van der Waals surface area contributed by atoms with E-state index in [1.165, 1.54) is 180 Å². The number of carbonyl (C=O) groups is 1. The van der Waals surface area contributed by atoms with Crippen molar-refractivity contribution in [3.63, 3.8) is 0 Å². The largest absolute Gasteiger partial charge is 0.394 e. The van der Waals surface area contributed by atoms with Gasteiger partial charge in [-0.05, 0) is 44.9 Å². The van der Waals surface area contributed by atoms with E-state index >= 15 is 0 Å². The zero-order valence-electron chi connectivity index (χ0n) is 39.0. The van der Waals surface area contributed by atoms with Crippen molar-refractivity contribution < 1.29 is 39.8 Å². The summed E-state index contributed by atoms with van der Waals surface area (Å²) in [6.07, 6.45) is 43.7. The molecule has 0 aromatic heterocycles. The van der Waals surface area contributed by atoms with Gasteiger partial charge >= 0.3 is 0 Å². The highest BCUT2D eigenvalue weighted by atomic mass is 16.7. The van der Waals surface area contributed by atoms with Crippen LogP contribution in [-0.2, 0) is 14.3 Å². The fraction of sp³-hybridized carbons (Fsp3) is 0.902. The first-order chi connectivity index (χ1) is 29.3. The minimum Gasteiger partial charge on any atom is -0.394 e. The number of rotatable bonds is 43. The Morgan fingerprint density at radius 3 is 1.35 bits per heavy atom. The van der Waals surface area contributed by atoms with Gasteiger partial charge in [0.1, 0.15) is 24.4 Å². The zero-order valence-corrected chi connectivity index (χ0v) is 39.0. The highest BCUT2D eigenvalue weighted by Crippen LogP contribution is 2.23. The molecule has 354 valence electrons. The van der Waals surface area contributed by atoms with Crippen molar-refractivity contribution in [2.24, 2.45) is 0 Å². The van der Waals surface area contributed by atoms with Crippen molar-refractivity contribution in [3.8, 4) is 0 Å². The molecule has 6 N–H and O–H groups in total. The van der Waals surface area contributed by atoms with Crippen LogP contribution in [0.3, 0.4) is 0 Å². The molecule has 1 aliphatic heterocycles. The van der Waals surface area contributed by atoms with Crippen molar-refractivity contribution in [3.05, 3.63) is 24.3 Å². The third-order valence-corrected chi connectivity index (χ3v) is 12.3. The maximum atomic E-state index is 13.0. The average Bonchev–Trinajstić information content (AvgIpc) is 3.25. The van der Waals surface area contributed by atoms with Gasteiger partial charge in [-0.3, -0.25) is 4.79 Å². The van der Waals surface area contributed by atoms with E-state index in [-0.39, 0.29) is 12.5 Å². The maximum absolute atomic E-state index is 13.0. The smallest absolute Gasteiger partial charge is 0.220 e. The van der Waals surface area contributed by atoms with Gasteiger partial charge in [0.25, 0.3) is 0 Å². The van der Waals surface area contributed by atoms with Crippen LogP contribution in [0.4, 0.5) is 0 Å². The summed E-state index contributed by atoms with van der Waals surface area (Å²) in [4.78, 5) is 13.0. The van der Waals surface area contributed by atoms with Gasteiger partial charge in [0.05, 0.1) is 25.4 Å². The molecule has 0 radical (unpaired) electrons. The molecular formula is C51H97NO8. The maximum Gasteiger partial charge on any atom is 0.220 e. The fourth-order valence-electron chi connectivity index (χ4n) is 8.15. The molecule has 0 aromatic carbocycles. The van der Waals surface area contributed by atoms with Gasteiger partial charge in [-0.2, -0.15) is 0 Å². The summed E-state index contributed by atoms with van der Waals surface area (Å²) in [5.74, 6) is -0.176. The minimum atomic E-state index is -1.56. The lowest BCUT2D eigenvalue weighted by molar-refractivity contribution is -0.302. The molecule has 0 spiro atoms. The number of amides is 1. The minimum absolute atomic E-state index is 0.176. The van der Waals surface area contributed by atoms with Crippen molar-refractivity contribution in [1.29, 1.82) is 0 Å². The summed E-state index contributed by atoms with van der Waals surface area (Å²) < 4.78 is 11.2. The normalized spacial score (nSPS) is 20.7. The van der Waals surface area contributed by atoms with Gasteiger partial charge in [-0.25, -0.2) is 0 Å². The van der Waals surface area contributed by atoms with Crippen LogP contribution >= 0.6 is 0 Å². The Balaban J connectivity index is 2.26. The van der Waals surface area contributed by atoms with Crippen molar-refractivity contribution >= 4 is 5.91 Å². The first-order valence-corrected chi connectivity index (χ1v) is 25.6. The van der Waals surface area contributed by atoms with E-state index < -0.39 is 49.5 Å². The van der Waals surface area contributed by atoms with E-state index in [1.54, 1.807) is 6.08 Å². The summed E-state index contributed by atoms with van der Waals surface area (Å²) in [5, 5.41) is 54.3. The first kappa shape index (κ1) is 56.7. The number of hydrogen-bond donors (Lipinski definition) is 6. The van der Waals surface area contributed by atoms with Crippen LogP contribution in [0, 0.1) is 0 Å². The van der Waals surface area contributed by atoms with Gasteiger partial charge in [-0.1, -0.05) is 212 Å². The van der Waals surface area contributed by atoms with Crippen LogP contribution in [0.25, 0.3) is 0 Å². The number of ether oxygens (including phenoxy) is 2. The molecular weight excluding hydrogens is 755 g/mol. The van der Waals surface area contributed by atoms with E-state index in [0.717, 1.165) is 38.5 Å². The topological polar surface area (TPSA) is 149 Å². The van der Waals surface area contributed by atoms with Crippen LogP contribution in [0.5, 0.6) is 0 Å². The number of aliphatic hydroxyl groups excluding tert-OH is 5. The molecule has 1 aliphatic rings. The summed E-state index contributed by atoms with van der Waals surface area (Å²) in [6.45, 7) is 3.78. The molecule has 0 saturated carbocycles. The lowest BCUT2D eigenvalue weighted by Crippen LogP contribution is -2.60. The van der Waals surface area contributed by atoms with Crippen LogP contribution in [0.2, 0.25) is 0 Å². The van der Waals surface area contributed by atoms with Crippen LogP contribution in [0.1, 0.15) is 239 Å². The van der Waals surface area contributed by atoms with Crippen molar-refractivity contribution in [2.45, 2.75) is 281 Å². The van der Waals surface area contributed by atoms with Crippen LogP contribution < -0.4 is 5.32 Å². The van der Waals surface area contributed by atoms with Crippen LogP contribution in [-0.4, -0.2) is 87.5 Å². The second kappa shape index (κ2) is 41.7. The summed E-state index contributed by atoms with van der Waals surface area (Å²) in [6, 6.07) is -0.802.